The predicted molar refractivity (Wildman–Crippen MR) is 209 cm³/mol. The van der Waals surface area contributed by atoms with Gasteiger partial charge in [0.1, 0.15) is 6.10 Å². The van der Waals surface area contributed by atoms with Crippen LogP contribution in [-0.4, -0.2) is 46.9 Å². The molecule has 0 aliphatic carbocycles. The molecule has 1 amide bonds. The first kappa shape index (κ1) is 47.6. The summed E-state index contributed by atoms with van der Waals surface area (Å²) in [5, 5.41) is 23.4. The van der Waals surface area contributed by atoms with Crippen LogP contribution in [0.4, 0.5) is 0 Å². The fourth-order valence-electron chi connectivity index (χ4n) is 6.54. The fraction of sp³-hybridized carbons (Fsp3) is 0.907. The van der Waals surface area contributed by atoms with Crippen LogP contribution in [0.15, 0.2) is 12.2 Å². The Bertz CT molecular complexity index is 742. The molecule has 0 aromatic heterocycles. The first-order valence-corrected chi connectivity index (χ1v) is 21.4. The van der Waals surface area contributed by atoms with Gasteiger partial charge in [-0.15, -0.1) is 0 Å². The SMILES string of the molecule is CCCCCCCCC/C=C\CCCCCC(=O)OC(CCCCCCCCC)CC(=O)NC(CO)C(O)CCCCCCCCCCC. The lowest BCUT2D eigenvalue weighted by molar-refractivity contribution is -0.151. The molecule has 0 rings (SSSR count). The maximum absolute atomic E-state index is 13.0. The summed E-state index contributed by atoms with van der Waals surface area (Å²) < 4.78 is 5.85. The largest absolute Gasteiger partial charge is 0.462 e. The Labute approximate surface area is 304 Å². The summed E-state index contributed by atoms with van der Waals surface area (Å²) in [4.78, 5) is 25.8. The zero-order valence-corrected chi connectivity index (χ0v) is 32.8. The average Bonchev–Trinajstić information content (AvgIpc) is 3.09. The minimum absolute atomic E-state index is 0.0758. The number of amides is 1. The minimum Gasteiger partial charge on any atom is -0.462 e. The van der Waals surface area contributed by atoms with Crippen LogP contribution in [0.5, 0.6) is 0 Å². The van der Waals surface area contributed by atoms with Crippen LogP contribution < -0.4 is 5.32 Å². The number of esters is 1. The van der Waals surface area contributed by atoms with Crippen molar-refractivity contribution in [2.24, 2.45) is 0 Å². The molecule has 290 valence electrons. The van der Waals surface area contributed by atoms with Crippen molar-refractivity contribution < 1.29 is 24.5 Å². The number of ether oxygens (including phenoxy) is 1. The van der Waals surface area contributed by atoms with Crippen LogP contribution >= 0.6 is 0 Å². The second-order valence-electron chi connectivity index (χ2n) is 14.7. The van der Waals surface area contributed by atoms with E-state index in [0.717, 1.165) is 64.2 Å². The van der Waals surface area contributed by atoms with Gasteiger partial charge in [0.05, 0.1) is 25.2 Å². The summed E-state index contributed by atoms with van der Waals surface area (Å²) in [5.74, 6) is -0.492. The Hall–Kier alpha value is -1.40. The number of allylic oxidation sites excluding steroid dienone is 2. The number of carbonyl (C=O) groups is 2. The van der Waals surface area contributed by atoms with Crippen molar-refractivity contribution in [1.82, 2.24) is 5.32 Å². The molecule has 0 aliphatic rings. The topological polar surface area (TPSA) is 95.9 Å². The molecule has 0 radical (unpaired) electrons. The van der Waals surface area contributed by atoms with Gasteiger partial charge in [0.25, 0.3) is 0 Å². The van der Waals surface area contributed by atoms with Crippen molar-refractivity contribution in [2.75, 3.05) is 6.61 Å². The van der Waals surface area contributed by atoms with E-state index in [0.29, 0.717) is 19.3 Å². The maximum Gasteiger partial charge on any atom is 0.306 e. The van der Waals surface area contributed by atoms with Gasteiger partial charge in [-0.05, 0) is 51.4 Å². The molecule has 0 saturated heterocycles. The molecule has 0 aromatic carbocycles. The molecule has 0 heterocycles. The van der Waals surface area contributed by atoms with E-state index >= 15 is 0 Å². The van der Waals surface area contributed by atoms with Crippen molar-refractivity contribution in [3.63, 3.8) is 0 Å². The highest BCUT2D eigenvalue weighted by atomic mass is 16.5. The minimum atomic E-state index is -0.780. The number of carbonyl (C=O) groups excluding carboxylic acids is 2. The van der Waals surface area contributed by atoms with E-state index in [1.165, 1.54) is 116 Å². The highest BCUT2D eigenvalue weighted by molar-refractivity contribution is 5.77. The molecule has 0 bridgehead atoms. The Morgan fingerprint density at radius 1 is 0.571 bits per heavy atom. The molecular weight excluding hydrogens is 610 g/mol. The molecular formula is C43H83NO5. The lowest BCUT2D eigenvalue weighted by Gasteiger charge is -2.24. The van der Waals surface area contributed by atoms with Gasteiger partial charge >= 0.3 is 5.97 Å². The molecule has 0 fully saturated rings. The average molecular weight is 694 g/mol. The van der Waals surface area contributed by atoms with E-state index in [4.69, 9.17) is 4.74 Å². The summed E-state index contributed by atoms with van der Waals surface area (Å²) in [6, 6.07) is -0.693. The molecule has 0 aromatic rings. The fourth-order valence-corrected chi connectivity index (χ4v) is 6.54. The van der Waals surface area contributed by atoms with Crippen LogP contribution in [0.1, 0.15) is 226 Å². The lowest BCUT2D eigenvalue weighted by Crippen LogP contribution is -2.46. The molecule has 3 unspecified atom stereocenters. The molecule has 0 aliphatic heterocycles. The van der Waals surface area contributed by atoms with Gasteiger partial charge in [-0.3, -0.25) is 9.59 Å². The van der Waals surface area contributed by atoms with E-state index in [-0.39, 0.29) is 24.9 Å². The van der Waals surface area contributed by atoms with Crippen molar-refractivity contribution >= 4 is 11.9 Å². The standard InChI is InChI=1S/C43H83NO5/c1-4-7-10-13-16-18-19-20-21-22-24-27-30-33-36-43(48)49-39(34-31-28-25-15-12-9-6-3)37-42(47)44-40(38-45)41(46)35-32-29-26-23-17-14-11-8-5-2/h21-22,39-41,45-46H,4-20,23-38H2,1-3H3,(H,44,47)/b22-21-. The quantitative estimate of drug-likeness (QED) is 0.0340. The smallest absolute Gasteiger partial charge is 0.306 e. The third kappa shape index (κ3) is 33.5. The molecule has 0 spiro atoms. The molecule has 3 atom stereocenters. The Morgan fingerprint density at radius 2 is 0.980 bits per heavy atom. The number of rotatable bonds is 38. The normalized spacial score (nSPS) is 13.5. The van der Waals surface area contributed by atoms with E-state index in [2.05, 4.69) is 38.2 Å². The van der Waals surface area contributed by atoms with Gasteiger partial charge < -0.3 is 20.3 Å². The number of hydrogen-bond donors (Lipinski definition) is 3. The second kappa shape index (κ2) is 37.8. The lowest BCUT2D eigenvalue weighted by atomic mass is 10.0. The first-order valence-electron chi connectivity index (χ1n) is 21.4. The van der Waals surface area contributed by atoms with Crippen molar-refractivity contribution in [2.45, 2.75) is 244 Å². The van der Waals surface area contributed by atoms with E-state index < -0.39 is 18.2 Å². The zero-order valence-electron chi connectivity index (χ0n) is 32.8. The summed E-state index contributed by atoms with van der Waals surface area (Å²) in [6.45, 7) is 6.41. The summed E-state index contributed by atoms with van der Waals surface area (Å²) in [7, 11) is 0. The van der Waals surface area contributed by atoms with Crippen molar-refractivity contribution in [3.05, 3.63) is 12.2 Å². The zero-order chi connectivity index (χ0) is 36.0. The highest BCUT2D eigenvalue weighted by Crippen LogP contribution is 2.17. The first-order chi connectivity index (χ1) is 24.0. The van der Waals surface area contributed by atoms with Crippen LogP contribution in [0.25, 0.3) is 0 Å². The third-order valence-electron chi connectivity index (χ3n) is 9.84. The maximum atomic E-state index is 13.0. The van der Waals surface area contributed by atoms with Crippen LogP contribution in [0, 0.1) is 0 Å². The van der Waals surface area contributed by atoms with Crippen molar-refractivity contribution in [3.8, 4) is 0 Å². The van der Waals surface area contributed by atoms with E-state index in [1.807, 2.05) is 0 Å². The third-order valence-corrected chi connectivity index (χ3v) is 9.84. The Balaban J connectivity index is 4.48. The molecule has 0 saturated carbocycles. The van der Waals surface area contributed by atoms with Crippen molar-refractivity contribution in [1.29, 1.82) is 0 Å². The van der Waals surface area contributed by atoms with Gasteiger partial charge in [0.15, 0.2) is 0 Å². The van der Waals surface area contributed by atoms with E-state index in [9.17, 15) is 19.8 Å². The molecule has 6 heteroatoms. The number of nitrogens with one attached hydrogen (secondary N) is 1. The number of aliphatic hydroxyl groups excluding tert-OH is 2. The summed E-state index contributed by atoms with van der Waals surface area (Å²) in [5.41, 5.74) is 0. The number of hydrogen-bond acceptors (Lipinski definition) is 5. The van der Waals surface area contributed by atoms with Crippen LogP contribution in [0.2, 0.25) is 0 Å². The van der Waals surface area contributed by atoms with Crippen LogP contribution in [-0.2, 0) is 14.3 Å². The molecule has 6 nitrogen and oxygen atoms in total. The van der Waals surface area contributed by atoms with Gasteiger partial charge in [0, 0.05) is 6.42 Å². The highest BCUT2D eigenvalue weighted by Gasteiger charge is 2.24. The summed E-state index contributed by atoms with van der Waals surface area (Å²) in [6.07, 6.45) is 38.5. The summed E-state index contributed by atoms with van der Waals surface area (Å²) >= 11 is 0. The van der Waals surface area contributed by atoms with Gasteiger partial charge in [-0.25, -0.2) is 0 Å². The van der Waals surface area contributed by atoms with Gasteiger partial charge in [-0.2, -0.15) is 0 Å². The van der Waals surface area contributed by atoms with Gasteiger partial charge in [-0.1, -0.05) is 174 Å². The molecule has 49 heavy (non-hydrogen) atoms. The predicted octanol–water partition coefficient (Wildman–Crippen LogP) is 11.8. The van der Waals surface area contributed by atoms with Gasteiger partial charge in [0.2, 0.25) is 5.91 Å². The van der Waals surface area contributed by atoms with Crippen LogP contribution in [0.3, 0.4) is 0 Å². The molecule has 3 N–H and O–H groups in total. The number of unbranched alkanes of at least 4 members (excludes halogenated alkanes) is 24. The Kier molecular flexibility index (Phi) is 36.8. The second-order valence-corrected chi connectivity index (χ2v) is 14.7. The number of aliphatic hydroxyl groups is 2. The van der Waals surface area contributed by atoms with E-state index in [1.54, 1.807) is 0 Å². The monoisotopic (exact) mass is 694 g/mol. The Morgan fingerprint density at radius 3 is 1.45 bits per heavy atom.